The molecule has 4 nitrogen and oxygen atoms in total. The molecule has 1 heterocycles. The number of hydrogen-bond acceptors (Lipinski definition) is 4. The third-order valence-electron chi connectivity index (χ3n) is 2.62. The van der Waals surface area contributed by atoms with Crippen molar-refractivity contribution >= 4 is 9.84 Å². The Morgan fingerprint density at radius 1 is 1.47 bits per heavy atom. The minimum atomic E-state index is -3.03. The third kappa shape index (κ3) is 1.72. The van der Waals surface area contributed by atoms with Gasteiger partial charge in [-0.1, -0.05) is 12.1 Å². The molecule has 0 aliphatic carbocycles. The molecule has 1 aromatic rings. The highest BCUT2D eigenvalue weighted by atomic mass is 32.2. The van der Waals surface area contributed by atoms with E-state index in [1.165, 1.54) is 0 Å². The molecule has 82 valence electrons. The fraction of sp³-hybridized carbons (Fsp3) is 0.400. The Bertz CT molecular complexity index is 469. The van der Waals surface area contributed by atoms with E-state index in [1.54, 1.807) is 31.4 Å². The van der Waals surface area contributed by atoms with E-state index in [9.17, 15) is 8.42 Å². The molecular formula is C10H13NO3S. The van der Waals surface area contributed by atoms with Crippen LogP contribution in [0.1, 0.15) is 10.8 Å². The maximum atomic E-state index is 11.5. The number of hydrogen-bond donors (Lipinski definition) is 1. The average Bonchev–Trinajstić information content (AvgIpc) is 2.16. The predicted octanol–water partition coefficient (Wildman–Crippen LogP) is 0.492. The molecule has 1 aliphatic heterocycles. The quantitative estimate of drug-likeness (QED) is 0.798. The molecule has 2 atom stereocenters. The second kappa shape index (κ2) is 3.50. The van der Waals surface area contributed by atoms with Crippen LogP contribution in [0.3, 0.4) is 0 Å². The zero-order chi connectivity index (χ0) is 11.1. The van der Waals surface area contributed by atoms with Crippen LogP contribution in [0.15, 0.2) is 24.3 Å². The zero-order valence-corrected chi connectivity index (χ0v) is 9.20. The lowest BCUT2D eigenvalue weighted by molar-refractivity contribution is 0.413. The first kappa shape index (κ1) is 10.4. The highest BCUT2D eigenvalue weighted by molar-refractivity contribution is 7.93. The lowest BCUT2D eigenvalue weighted by Gasteiger charge is -2.33. The Labute approximate surface area is 89.0 Å². The van der Waals surface area contributed by atoms with Crippen molar-refractivity contribution < 1.29 is 13.2 Å². The largest absolute Gasteiger partial charge is 0.497 e. The molecule has 15 heavy (non-hydrogen) atoms. The van der Waals surface area contributed by atoms with E-state index in [1.807, 2.05) is 0 Å². The van der Waals surface area contributed by atoms with Crippen LogP contribution in [0.2, 0.25) is 0 Å². The molecule has 0 bridgehead atoms. The maximum absolute atomic E-state index is 11.5. The van der Waals surface area contributed by atoms with E-state index in [0.717, 1.165) is 0 Å². The summed E-state index contributed by atoms with van der Waals surface area (Å²) in [6, 6.07) is 6.75. The van der Waals surface area contributed by atoms with E-state index in [-0.39, 0.29) is 11.8 Å². The van der Waals surface area contributed by atoms with Gasteiger partial charge in [-0.05, 0) is 17.7 Å². The lowest BCUT2D eigenvalue weighted by atomic mass is 10.1. The van der Waals surface area contributed by atoms with E-state index in [2.05, 4.69) is 0 Å². The highest BCUT2D eigenvalue weighted by Gasteiger charge is 2.44. The Hall–Kier alpha value is -1.07. The smallest absolute Gasteiger partial charge is 0.160 e. The molecule has 0 aromatic heterocycles. The van der Waals surface area contributed by atoms with Gasteiger partial charge in [-0.25, -0.2) is 8.42 Å². The molecule has 2 unspecified atom stereocenters. The van der Waals surface area contributed by atoms with Crippen LogP contribution in [-0.4, -0.2) is 27.3 Å². The fourth-order valence-corrected chi connectivity index (χ4v) is 3.64. The number of nitrogens with two attached hydrogens (primary N) is 1. The monoisotopic (exact) mass is 227 g/mol. The van der Waals surface area contributed by atoms with Crippen molar-refractivity contribution in [2.75, 3.05) is 12.9 Å². The van der Waals surface area contributed by atoms with Gasteiger partial charge in [0, 0.05) is 6.04 Å². The summed E-state index contributed by atoms with van der Waals surface area (Å²) in [5.41, 5.74) is 6.42. The van der Waals surface area contributed by atoms with E-state index < -0.39 is 15.1 Å². The topological polar surface area (TPSA) is 69.4 Å². The average molecular weight is 227 g/mol. The number of rotatable bonds is 2. The van der Waals surface area contributed by atoms with Crippen LogP contribution in [0.4, 0.5) is 0 Å². The summed E-state index contributed by atoms with van der Waals surface area (Å²) in [5, 5.41) is -0.562. The van der Waals surface area contributed by atoms with Gasteiger partial charge in [0.25, 0.3) is 0 Å². The molecule has 1 fully saturated rings. The van der Waals surface area contributed by atoms with Crippen LogP contribution >= 0.6 is 0 Å². The number of ether oxygens (including phenoxy) is 1. The minimum absolute atomic E-state index is 0.0783. The van der Waals surface area contributed by atoms with Crippen LogP contribution in [0.5, 0.6) is 5.75 Å². The molecule has 1 aromatic carbocycles. The van der Waals surface area contributed by atoms with Crippen molar-refractivity contribution in [1.82, 2.24) is 0 Å². The van der Waals surface area contributed by atoms with Gasteiger partial charge >= 0.3 is 0 Å². The van der Waals surface area contributed by atoms with Crippen LogP contribution in [0, 0.1) is 0 Å². The third-order valence-corrected chi connectivity index (χ3v) is 4.87. The molecule has 2 rings (SSSR count). The van der Waals surface area contributed by atoms with Gasteiger partial charge in [0.1, 0.15) is 11.0 Å². The van der Waals surface area contributed by atoms with Crippen LogP contribution in [-0.2, 0) is 9.84 Å². The molecule has 0 saturated carbocycles. The van der Waals surface area contributed by atoms with E-state index in [4.69, 9.17) is 10.5 Å². The first-order valence-electron chi connectivity index (χ1n) is 4.66. The van der Waals surface area contributed by atoms with Crippen molar-refractivity contribution in [1.29, 1.82) is 0 Å². The van der Waals surface area contributed by atoms with Gasteiger partial charge in [0.15, 0.2) is 9.84 Å². The summed E-state index contributed by atoms with van der Waals surface area (Å²) in [4.78, 5) is 0. The van der Waals surface area contributed by atoms with Gasteiger partial charge in [0.2, 0.25) is 0 Å². The first-order valence-corrected chi connectivity index (χ1v) is 6.37. The van der Waals surface area contributed by atoms with Crippen LogP contribution < -0.4 is 10.5 Å². The van der Waals surface area contributed by atoms with Crippen molar-refractivity contribution in [3.63, 3.8) is 0 Å². The van der Waals surface area contributed by atoms with Crippen LogP contribution in [0.25, 0.3) is 0 Å². The molecular weight excluding hydrogens is 214 g/mol. The molecule has 0 amide bonds. The van der Waals surface area contributed by atoms with E-state index in [0.29, 0.717) is 11.3 Å². The molecule has 0 radical (unpaired) electrons. The summed E-state index contributed by atoms with van der Waals surface area (Å²) in [6.45, 7) is 0. The molecule has 1 aliphatic rings. The number of methoxy groups -OCH3 is 1. The highest BCUT2D eigenvalue weighted by Crippen LogP contribution is 2.36. The second-order valence-electron chi connectivity index (χ2n) is 3.69. The molecule has 0 spiro atoms. The van der Waals surface area contributed by atoms with Gasteiger partial charge < -0.3 is 10.5 Å². The summed E-state index contributed by atoms with van der Waals surface area (Å²) in [5.74, 6) is 0.733. The summed E-state index contributed by atoms with van der Waals surface area (Å²) in [7, 11) is -1.48. The molecule has 2 N–H and O–H groups in total. The van der Waals surface area contributed by atoms with Crippen molar-refractivity contribution in [3.05, 3.63) is 29.8 Å². The van der Waals surface area contributed by atoms with Crippen molar-refractivity contribution in [3.8, 4) is 5.75 Å². The Morgan fingerprint density at radius 2 is 2.20 bits per heavy atom. The summed E-state index contributed by atoms with van der Waals surface area (Å²) >= 11 is 0. The van der Waals surface area contributed by atoms with Crippen molar-refractivity contribution in [2.24, 2.45) is 5.73 Å². The number of benzene rings is 1. The first-order chi connectivity index (χ1) is 7.04. The standard InChI is InChI=1S/C10H13NO3S/c1-14-8-4-2-3-7(5-8)10-9(11)6-15(10,12)13/h2-5,9-10H,6,11H2,1H3. The van der Waals surface area contributed by atoms with Gasteiger partial charge in [-0.3, -0.25) is 0 Å². The SMILES string of the molecule is COc1cccc(C2C(N)CS2(=O)=O)c1. The maximum Gasteiger partial charge on any atom is 0.160 e. The predicted molar refractivity (Wildman–Crippen MR) is 57.5 cm³/mol. The normalized spacial score (nSPS) is 28.1. The zero-order valence-electron chi connectivity index (χ0n) is 8.38. The number of sulfone groups is 1. The fourth-order valence-electron chi connectivity index (χ4n) is 1.88. The molecule has 1 saturated heterocycles. The van der Waals surface area contributed by atoms with E-state index >= 15 is 0 Å². The Kier molecular flexibility index (Phi) is 2.44. The Balaban J connectivity index is 2.37. The second-order valence-corrected chi connectivity index (χ2v) is 5.86. The van der Waals surface area contributed by atoms with Crippen molar-refractivity contribution in [2.45, 2.75) is 11.3 Å². The van der Waals surface area contributed by atoms with Gasteiger partial charge in [-0.15, -0.1) is 0 Å². The molecule has 5 heteroatoms. The summed E-state index contributed by atoms with van der Waals surface area (Å²) in [6.07, 6.45) is 0. The Morgan fingerprint density at radius 3 is 2.73 bits per heavy atom. The minimum Gasteiger partial charge on any atom is -0.497 e. The van der Waals surface area contributed by atoms with Gasteiger partial charge in [-0.2, -0.15) is 0 Å². The summed E-state index contributed by atoms with van der Waals surface area (Å²) < 4.78 is 28.1. The lowest BCUT2D eigenvalue weighted by Crippen LogP contribution is -2.50. The van der Waals surface area contributed by atoms with Gasteiger partial charge in [0.05, 0.1) is 12.9 Å².